The lowest BCUT2D eigenvalue weighted by Gasteiger charge is -2.20. The number of rotatable bonds is 7. The first-order chi connectivity index (χ1) is 9.34. The number of nitro groups is 1. The van der Waals surface area contributed by atoms with Gasteiger partial charge in [-0.25, -0.2) is 8.42 Å². The molecule has 0 saturated heterocycles. The van der Waals surface area contributed by atoms with E-state index in [0.29, 0.717) is 25.9 Å². The molecule has 0 aliphatic carbocycles. The topological polar surface area (TPSA) is 80.5 Å². The first kappa shape index (κ1) is 16.9. The Balaban J connectivity index is 3.36. The molecular formula is C12H17ClN2O4S. The average molecular weight is 321 g/mol. The van der Waals surface area contributed by atoms with Crippen molar-refractivity contribution >= 4 is 27.3 Å². The third-order valence-electron chi connectivity index (χ3n) is 2.68. The number of halogens is 1. The molecule has 0 atom stereocenters. The van der Waals surface area contributed by atoms with Gasteiger partial charge in [0.25, 0.3) is 5.69 Å². The summed E-state index contributed by atoms with van der Waals surface area (Å²) in [6.07, 6.45) is 1.28. The van der Waals surface area contributed by atoms with Crippen LogP contribution in [0.25, 0.3) is 0 Å². The highest BCUT2D eigenvalue weighted by molar-refractivity contribution is 7.89. The summed E-state index contributed by atoms with van der Waals surface area (Å²) < 4.78 is 26.3. The van der Waals surface area contributed by atoms with Gasteiger partial charge >= 0.3 is 0 Å². The Labute approximate surface area is 123 Å². The van der Waals surface area contributed by atoms with E-state index in [1.165, 1.54) is 16.4 Å². The lowest BCUT2D eigenvalue weighted by atomic mass is 10.3. The summed E-state index contributed by atoms with van der Waals surface area (Å²) in [5, 5.41) is 11.2. The van der Waals surface area contributed by atoms with Crippen molar-refractivity contribution in [2.24, 2.45) is 0 Å². The van der Waals surface area contributed by atoms with Gasteiger partial charge in [0.1, 0.15) is 0 Å². The predicted molar refractivity (Wildman–Crippen MR) is 77.4 cm³/mol. The molecule has 0 unspecified atom stereocenters. The minimum absolute atomic E-state index is 0.133. The average Bonchev–Trinajstić information content (AvgIpc) is 2.38. The molecule has 0 spiro atoms. The van der Waals surface area contributed by atoms with E-state index in [-0.39, 0.29) is 9.92 Å². The Kier molecular flexibility index (Phi) is 5.91. The summed E-state index contributed by atoms with van der Waals surface area (Å²) in [4.78, 5) is 9.98. The first-order valence-corrected chi connectivity index (χ1v) is 8.10. The van der Waals surface area contributed by atoms with Crippen molar-refractivity contribution in [3.8, 4) is 0 Å². The minimum Gasteiger partial charge on any atom is -0.258 e. The van der Waals surface area contributed by atoms with Crippen molar-refractivity contribution in [1.82, 2.24) is 4.31 Å². The van der Waals surface area contributed by atoms with Gasteiger partial charge < -0.3 is 0 Å². The fourth-order valence-electron chi connectivity index (χ4n) is 1.84. The summed E-state index contributed by atoms with van der Waals surface area (Å²) in [7, 11) is -3.88. The summed E-state index contributed by atoms with van der Waals surface area (Å²) in [6.45, 7) is 4.37. The number of nitro benzene ring substituents is 1. The van der Waals surface area contributed by atoms with Crippen molar-refractivity contribution in [3.63, 3.8) is 0 Å². The highest BCUT2D eigenvalue weighted by Gasteiger charge is 2.30. The van der Waals surface area contributed by atoms with Gasteiger partial charge in [-0.15, -0.1) is 0 Å². The molecule has 112 valence electrons. The van der Waals surface area contributed by atoms with E-state index in [0.717, 1.165) is 6.07 Å². The van der Waals surface area contributed by atoms with Gasteiger partial charge in [0.05, 0.1) is 4.92 Å². The van der Waals surface area contributed by atoms with Crippen LogP contribution in [0.4, 0.5) is 5.69 Å². The molecule has 1 rings (SSSR count). The molecule has 0 saturated carbocycles. The summed E-state index contributed by atoms with van der Waals surface area (Å²) in [6, 6.07) is 3.59. The van der Waals surface area contributed by atoms with Crippen LogP contribution < -0.4 is 0 Å². The molecule has 0 aromatic heterocycles. The van der Waals surface area contributed by atoms with Gasteiger partial charge in [-0.05, 0) is 25.0 Å². The van der Waals surface area contributed by atoms with Gasteiger partial charge in [-0.3, -0.25) is 10.1 Å². The number of hydrogen-bond donors (Lipinski definition) is 0. The second-order valence-corrected chi connectivity index (χ2v) is 6.62. The fraction of sp³-hybridized carbons (Fsp3) is 0.500. The van der Waals surface area contributed by atoms with E-state index < -0.39 is 20.6 Å². The lowest BCUT2D eigenvalue weighted by Crippen LogP contribution is -2.33. The largest absolute Gasteiger partial charge is 0.290 e. The molecule has 0 aliphatic heterocycles. The van der Waals surface area contributed by atoms with E-state index >= 15 is 0 Å². The van der Waals surface area contributed by atoms with Crippen LogP contribution in [0.1, 0.15) is 26.7 Å². The maximum atomic E-state index is 12.5. The molecule has 0 fully saturated rings. The molecule has 1 aromatic carbocycles. The quantitative estimate of drug-likeness (QED) is 0.571. The molecule has 20 heavy (non-hydrogen) atoms. The van der Waals surface area contributed by atoms with Crippen molar-refractivity contribution < 1.29 is 13.3 Å². The van der Waals surface area contributed by atoms with E-state index in [4.69, 9.17) is 11.6 Å². The van der Waals surface area contributed by atoms with Crippen LogP contribution in [-0.4, -0.2) is 30.7 Å². The van der Waals surface area contributed by atoms with Crippen LogP contribution in [0, 0.1) is 10.1 Å². The SMILES string of the molecule is CCCN(CCC)S(=O)(=O)c1ccc(Cl)cc1[N+](=O)[O-]. The predicted octanol–water partition coefficient (Wildman–Crippen LogP) is 3.06. The standard InChI is InChI=1S/C12H17ClN2O4S/c1-3-7-14(8-4-2)20(18,19)12-6-5-10(13)9-11(12)15(16)17/h5-6,9H,3-4,7-8H2,1-2H3. The van der Waals surface area contributed by atoms with Crippen molar-refractivity contribution in [2.75, 3.05) is 13.1 Å². The number of sulfonamides is 1. The number of benzene rings is 1. The molecule has 6 nitrogen and oxygen atoms in total. The van der Waals surface area contributed by atoms with Crippen molar-refractivity contribution in [3.05, 3.63) is 33.3 Å². The van der Waals surface area contributed by atoms with Crippen LogP contribution in [0.2, 0.25) is 5.02 Å². The van der Waals surface area contributed by atoms with Crippen LogP contribution in [-0.2, 0) is 10.0 Å². The summed E-state index contributed by atoms with van der Waals surface area (Å²) in [5.74, 6) is 0. The monoisotopic (exact) mass is 320 g/mol. The van der Waals surface area contributed by atoms with Crippen LogP contribution in [0.5, 0.6) is 0 Å². The Hall–Kier alpha value is -1.18. The number of nitrogens with zero attached hydrogens (tertiary/aromatic N) is 2. The molecule has 1 aromatic rings. The smallest absolute Gasteiger partial charge is 0.258 e. The highest BCUT2D eigenvalue weighted by atomic mass is 35.5. The zero-order valence-corrected chi connectivity index (χ0v) is 12.9. The first-order valence-electron chi connectivity index (χ1n) is 6.28. The highest BCUT2D eigenvalue weighted by Crippen LogP contribution is 2.29. The maximum Gasteiger partial charge on any atom is 0.290 e. The third kappa shape index (κ3) is 3.68. The van der Waals surface area contributed by atoms with Crippen LogP contribution >= 0.6 is 11.6 Å². The molecule has 0 bridgehead atoms. The maximum absolute atomic E-state index is 12.5. The van der Waals surface area contributed by atoms with Crippen molar-refractivity contribution in [1.29, 1.82) is 0 Å². The zero-order chi connectivity index (χ0) is 15.3. The van der Waals surface area contributed by atoms with Gasteiger partial charge in [-0.2, -0.15) is 4.31 Å². The summed E-state index contributed by atoms with van der Waals surface area (Å²) >= 11 is 5.70. The Bertz CT molecular complexity index is 583. The molecule has 0 radical (unpaired) electrons. The second-order valence-electron chi connectivity index (χ2n) is 4.27. The fourth-order valence-corrected chi connectivity index (χ4v) is 3.77. The molecule has 0 aliphatic rings. The molecule has 8 heteroatoms. The van der Waals surface area contributed by atoms with Gasteiger partial charge in [0.15, 0.2) is 4.90 Å². The zero-order valence-electron chi connectivity index (χ0n) is 11.4. The van der Waals surface area contributed by atoms with E-state index in [2.05, 4.69) is 0 Å². The molecule has 0 N–H and O–H groups in total. The lowest BCUT2D eigenvalue weighted by molar-refractivity contribution is -0.387. The van der Waals surface area contributed by atoms with E-state index in [1.54, 1.807) is 0 Å². The van der Waals surface area contributed by atoms with Gasteiger partial charge in [0.2, 0.25) is 10.0 Å². The minimum atomic E-state index is -3.88. The van der Waals surface area contributed by atoms with E-state index in [1.807, 2.05) is 13.8 Å². The molecule has 0 amide bonds. The second kappa shape index (κ2) is 7.01. The molecule has 0 heterocycles. The Morgan fingerprint density at radius 3 is 2.25 bits per heavy atom. The van der Waals surface area contributed by atoms with Gasteiger partial charge in [-0.1, -0.05) is 25.4 Å². The van der Waals surface area contributed by atoms with E-state index in [9.17, 15) is 18.5 Å². The normalized spacial score (nSPS) is 11.8. The van der Waals surface area contributed by atoms with Crippen LogP contribution in [0.3, 0.4) is 0 Å². The summed E-state index contributed by atoms with van der Waals surface area (Å²) in [5.41, 5.74) is -0.491. The van der Waals surface area contributed by atoms with Crippen molar-refractivity contribution in [2.45, 2.75) is 31.6 Å². The molecular weight excluding hydrogens is 304 g/mol. The Morgan fingerprint density at radius 2 is 1.80 bits per heavy atom. The van der Waals surface area contributed by atoms with Gasteiger partial charge in [0, 0.05) is 24.2 Å². The number of hydrogen-bond acceptors (Lipinski definition) is 4. The Morgan fingerprint density at radius 1 is 1.25 bits per heavy atom. The van der Waals surface area contributed by atoms with Crippen LogP contribution in [0.15, 0.2) is 23.1 Å². The third-order valence-corrected chi connectivity index (χ3v) is 4.86.